The summed E-state index contributed by atoms with van der Waals surface area (Å²) in [5, 5.41) is 2.43. The maximum Gasteiger partial charge on any atom is 0.416 e. The van der Waals surface area contributed by atoms with Gasteiger partial charge in [0.25, 0.3) is 0 Å². The Morgan fingerprint density at radius 1 is 1.00 bits per heavy atom. The fourth-order valence-electron chi connectivity index (χ4n) is 3.54. The second-order valence-corrected chi connectivity index (χ2v) is 8.43. The van der Waals surface area contributed by atoms with Crippen LogP contribution in [-0.2, 0) is 23.5 Å². The van der Waals surface area contributed by atoms with Gasteiger partial charge in [0.2, 0.25) is 0 Å². The highest BCUT2D eigenvalue weighted by Crippen LogP contribution is 2.37. The van der Waals surface area contributed by atoms with Crippen molar-refractivity contribution in [3.05, 3.63) is 77.4 Å². The molecule has 3 rings (SSSR count). The van der Waals surface area contributed by atoms with E-state index in [0.29, 0.717) is 23.1 Å². The van der Waals surface area contributed by atoms with E-state index in [-0.39, 0.29) is 18.0 Å². The summed E-state index contributed by atoms with van der Waals surface area (Å²) in [7, 11) is 0. The number of rotatable bonds is 5. The number of fused-ring (bicyclic) bond motifs is 1. The minimum absolute atomic E-state index is 0.0333. The van der Waals surface area contributed by atoms with Crippen LogP contribution in [0.15, 0.2) is 54.9 Å². The zero-order valence-electron chi connectivity index (χ0n) is 18.8. The number of benzene rings is 2. The Balaban J connectivity index is 2.03. The lowest BCUT2D eigenvalue weighted by atomic mass is 9.98. The third-order valence-corrected chi connectivity index (χ3v) is 5.05. The molecule has 0 aliphatic carbocycles. The number of aromatic nitrogens is 1. The largest absolute Gasteiger partial charge is 0.495 e. The first-order valence-electron chi connectivity index (χ1n) is 10.3. The molecule has 11 heteroatoms. The Labute approximate surface area is 196 Å². The summed E-state index contributed by atoms with van der Waals surface area (Å²) >= 11 is 0. The minimum atomic E-state index is -5.07. The molecule has 1 N–H and O–H groups in total. The highest BCUT2D eigenvalue weighted by Gasteiger charge is 2.37. The lowest BCUT2D eigenvalue weighted by Crippen LogP contribution is -2.25. The summed E-state index contributed by atoms with van der Waals surface area (Å²) in [5.41, 5.74) is -3.89. The Morgan fingerprint density at radius 2 is 1.60 bits per heavy atom. The van der Waals surface area contributed by atoms with Crippen LogP contribution in [0.1, 0.15) is 37.5 Å². The minimum Gasteiger partial charge on any atom is -0.495 e. The summed E-state index contributed by atoms with van der Waals surface area (Å²) in [4.78, 5) is 12.9. The molecule has 4 nitrogen and oxygen atoms in total. The van der Waals surface area contributed by atoms with E-state index in [1.165, 1.54) is 24.6 Å². The zero-order chi connectivity index (χ0) is 26.2. The smallest absolute Gasteiger partial charge is 0.416 e. The first-order chi connectivity index (χ1) is 16.1. The van der Waals surface area contributed by atoms with Crippen LogP contribution in [0.5, 0.6) is 0 Å². The van der Waals surface area contributed by atoms with E-state index in [4.69, 9.17) is 4.74 Å². The van der Waals surface area contributed by atoms with Gasteiger partial charge in [0.1, 0.15) is 11.4 Å². The average molecular weight is 502 g/mol. The van der Waals surface area contributed by atoms with Gasteiger partial charge in [-0.2, -0.15) is 26.3 Å². The molecule has 0 atom stereocenters. The van der Waals surface area contributed by atoms with Gasteiger partial charge in [0.15, 0.2) is 0 Å². The molecule has 188 valence electrons. The third kappa shape index (κ3) is 6.14. The van der Waals surface area contributed by atoms with Crippen LogP contribution in [0.3, 0.4) is 0 Å². The SMILES string of the molecule is C/C=C\OC(C)(C)Cc1cn(C(=O)Nc2cc(C(F)(F)F)cc(C(F)(F)F)c2)c2ccc(F)cc12. The number of ether oxygens (including phenoxy) is 1. The van der Waals surface area contributed by atoms with Crippen molar-refractivity contribution in [2.24, 2.45) is 0 Å². The van der Waals surface area contributed by atoms with E-state index in [9.17, 15) is 35.5 Å². The molecule has 3 aromatic rings. The van der Waals surface area contributed by atoms with Gasteiger partial charge >= 0.3 is 18.4 Å². The molecule has 0 fully saturated rings. The van der Waals surface area contributed by atoms with Crippen molar-refractivity contribution in [1.82, 2.24) is 4.57 Å². The molecule has 1 amide bonds. The van der Waals surface area contributed by atoms with E-state index < -0.39 is 46.6 Å². The predicted molar refractivity (Wildman–Crippen MR) is 116 cm³/mol. The quantitative estimate of drug-likeness (QED) is 0.286. The van der Waals surface area contributed by atoms with Gasteiger partial charge in [-0.15, -0.1) is 0 Å². The van der Waals surface area contributed by atoms with Gasteiger partial charge in [-0.1, -0.05) is 6.08 Å². The van der Waals surface area contributed by atoms with Crippen LogP contribution >= 0.6 is 0 Å². The Hall–Kier alpha value is -3.50. The summed E-state index contributed by atoms with van der Waals surface area (Å²) < 4.78 is 99.5. The van der Waals surface area contributed by atoms with Gasteiger partial charge in [-0.05, 0) is 62.7 Å². The summed E-state index contributed by atoms with van der Waals surface area (Å²) in [5.74, 6) is -0.586. The number of alkyl halides is 6. The number of halogens is 7. The van der Waals surface area contributed by atoms with Gasteiger partial charge in [-0.25, -0.2) is 9.18 Å². The Bertz CT molecular complexity index is 1240. The fraction of sp³-hybridized carbons (Fsp3) is 0.292. The number of nitrogens with one attached hydrogen (secondary N) is 1. The van der Waals surface area contributed by atoms with Gasteiger partial charge in [0, 0.05) is 23.7 Å². The fourth-order valence-corrected chi connectivity index (χ4v) is 3.54. The van der Waals surface area contributed by atoms with E-state index in [2.05, 4.69) is 5.32 Å². The van der Waals surface area contributed by atoms with Crippen LogP contribution in [0.25, 0.3) is 10.9 Å². The summed E-state index contributed by atoms with van der Waals surface area (Å²) in [6.45, 7) is 5.27. The number of anilines is 1. The third-order valence-electron chi connectivity index (χ3n) is 5.05. The molecule has 0 unspecified atom stereocenters. The van der Waals surface area contributed by atoms with Crippen LogP contribution in [-0.4, -0.2) is 16.2 Å². The van der Waals surface area contributed by atoms with Crippen molar-refractivity contribution < 1.29 is 40.3 Å². The molecular weight excluding hydrogens is 481 g/mol. The second-order valence-electron chi connectivity index (χ2n) is 8.43. The Kier molecular flexibility index (Phi) is 6.92. The molecule has 0 aliphatic rings. The molecule has 35 heavy (non-hydrogen) atoms. The number of hydrogen-bond acceptors (Lipinski definition) is 2. The first-order valence-corrected chi connectivity index (χ1v) is 10.3. The van der Waals surface area contributed by atoms with Gasteiger partial charge < -0.3 is 10.1 Å². The maximum atomic E-state index is 14.0. The molecule has 1 aromatic heterocycles. The average Bonchev–Trinajstić information content (AvgIpc) is 3.08. The summed E-state index contributed by atoms with van der Waals surface area (Å²) in [6, 6.07) is 3.33. The predicted octanol–water partition coefficient (Wildman–Crippen LogP) is 7.77. The lowest BCUT2D eigenvalue weighted by Gasteiger charge is -2.24. The monoisotopic (exact) mass is 502 g/mol. The number of hydrogen-bond donors (Lipinski definition) is 1. The molecule has 0 spiro atoms. The van der Waals surface area contributed by atoms with Crippen LogP contribution in [0, 0.1) is 5.82 Å². The lowest BCUT2D eigenvalue weighted by molar-refractivity contribution is -0.143. The van der Waals surface area contributed by atoms with E-state index >= 15 is 0 Å². The van der Waals surface area contributed by atoms with E-state index in [0.717, 1.165) is 10.6 Å². The molecule has 0 radical (unpaired) electrons. The molecule has 2 aromatic carbocycles. The van der Waals surface area contributed by atoms with Crippen LogP contribution in [0.4, 0.5) is 41.2 Å². The van der Waals surface area contributed by atoms with Crippen LogP contribution < -0.4 is 5.32 Å². The van der Waals surface area contributed by atoms with Crippen molar-refractivity contribution in [1.29, 1.82) is 0 Å². The van der Waals surface area contributed by atoms with E-state index in [1.54, 1.807) is 26.8 Å². The van der Waals surface area contributed by atoms with Crippen LogP contribution in [0.2, 0.25) is 0 Å². The molecule has 0 saturated carbocycles. The van der Waals surface area contributed by atoms with Crippen molar-refractivity contribution in [3.63, 3.8) is 0 Å². The standard InChI is InChI=1S/C24H21F7N2O2/c1-4-7-35-22(2,3)12-14-13-33(20-6-5-17(25)11-19(14)20)21(34)32-18-9-15(23(26,27)28)8-16(10-18)24(29,30)31/h4-11,13H,12H2,1-3H3,(H,32,34)/b7-4-. The first kappa shape index (κ1) is 26.1. The zero-order valence-corrected chi connectivity index (χ0v) is 18.8. The highest BCUT2D eigenvalue weighted by molar-refractivity contribution is 5.99. The topological polar surface area (TPSA) is 43.3 Å². The number of carbonyl (C=O) groups excluding carboxylic acids is 1. The number of allylic oxidation sites excluding steroid dienone is 1. The number of carbonyl (C=O) groups is 1. The second kappa shape index (κ2) is 9.27. The van der Waals surface area contributed by atoms with Crippen molar-refractivity contribution in [3.8, 4) is 0 Å². The summed E-state index contributed by atoms with van der Waals surface area (Å²) in [6.07, 6.45) is -5.42. The molecular formula is C24H21F7N2O2. The van der Waals surface area contributed by atoms with Crippen molar-refractivity contribution >= 4 is 22.6 Å². The maximum absolute atomic E-state index is 14.0. The van der Waals surface area contributed by atoms with E-state index in [1.807, 2.05) is 0 Å². The number of amides is 1. The highest BCUT2D eigenvalue weighted by atomic mass is 19.4. The van der Waals surface area contributed by atoms with Crippen molar-refractivity contribution in [2.75, 3.05) is 5.32 Å². The molecule has 1 heterocycles. The van der Waals surface area contributed by atoms with Crippen molar-refractivity contribution in [2.45, 2.75) is 45.1 Å². The number of nitrogens with zero attached hydrogens (tertiary/aromatic N) is 1. The normalized spacial score (nSPS) is 13.0. The molecule has 0 bridgehead atoms. The van der Waals surface area contributed by atoms with Gasteiger partial charge in [-0.3, -0.25) is 4.57 Å². The van der Waals surface area contributed by atoms with Gasteiger partial charge in [0.05, 0.1) is 22.9 Å². The molecule has 0 aliphatic heterocycles. The Morgan fingerprint density at radius 3 is 2.14 bits per heavy atom. The molecule has 0 saturated heterocycles.